The normalized spacial score (nSPS) is 21.2. The van der Waals surface area contributed by atoms with Crippen LogP contribution in [0, 0.1) is 0 Å². The molecule has 6 heteroatoms. The summed E-state index contributed by atoms with van der Waals surface area (Å²) >= 11 is 0. The molecule has 34 heavy (non-hydrogen) atoms. The summed E-state index contributed by atoms with van der Waals surface area (Å²) in [7, 11) is -0.683. The van der Waals surface area contributed by atoms with Gasteiger partial charge in [-0.15, -0.1) is 0 Å². The average molecular weight is 452 g/mol. The first-order valence-corrected chi connectivity index (χ1v) is 12.1. The van der Waals surface area contributed by atoms with E-state index in [1.165, 1.54) is 32.3 Å². The quantitative estimate of drug-likeness (QED) is 0.318. The Morgan fingerprint density at radius 2 is 1.12 bits per heavy atom. The molecule has 0 saturated carbocycles. The van der Waals surface area contributed by atoms with Crippen LogP contribution in [-0.2, 0) is 18.6 Å². The predicted octanol–water partition coefficient (Wildman–Crippen LogP) is 4.97. The Labute approximate surface area is 201 Å². The first-order chi connectivity index (χ1) is 16.0. The second kappa shape index (κ2) is 7.32. The minimum atomic E-state index is -0.361. The van der Waals surface area contributed by atoms with Crippen molar-refractivity contribution in [2.24, 2.45) is 0 Å². The number of rotatable bonds is 2. The highest BCUT2D eigenvalue weighted by atomic mass is 16.7. The fraction of sp³-hybridized carbons (Fsp3) is 0.357. The molecule has 2 saturated heterocycles. The molecule has 2 aliphatic heterocycles. The van der Waals surface area contributed by atoms with Crippen molar-refractivity contribution in [3.63, 3.8) is 0 Å². The Morgan fingerprint density at radius 3 is 1.79 bits per heavy atom. The monoisotopic (exact) mass is 452 g/mol. The number of hydrogen-bond acceptors (Lipinski definition) is 4. The van der Waals surface area contributed by atoms with Gasteiger partial charge < -0.3 is 18.6 Å². The van der Waals surface area contributed by atoms with Crippen LogP contribution in [-0.4, -0.2) is 37.6 Å². The van der Waals surface area contributed by atoms with Gasteiger partial charge in [0.15, 0.2) is 0 Å². The summed E-state index contributed by atoms with van der Waals surface area (Å²) in [4.78, 5) is 0. The van der Waals surface area contributed by atoms with Gasteiger partial charge in [0.25, 0.3) is 0 Å². The SMILES string of the molecule is CC1(C)COB(c2ccc3ccc4c5ccc(B6OC(C)(C)C(C)(C)O6)cc5ccc4c3c2)O1. The predicted molar refractivity (Wildman–Crippen MR) is 141 cm³/mol. The van der Waals surface area contributed by atoms with Gasteiger partial charge in [-0.25, -0.2) is 0 Å². The van der Waals surface area contributed by atoms with Gasteiger partial charge in [-0.3, -0.25) is 0 Å². The summed E-state index contributed by atoms with van der Waals surface area (Å²) in [6.45, 7) is 13.1. The Kier molecular flexibility index (Phi) is 4.76. The largest absolute Gasteiger partial charge is 0.494 e. The van der Waals surface area contributed by atoms with E-state index in [0.717, 1.165) is 10.9 Å². The van der Waals surface area contributed by atoms with E-state index >= 15 is 0 Å². The van der Waals surface area contributed by atoms with Gasteiger partial charge in [0, 0.05) is 0 Å². The lowest BCUT2D eigenvalue weighted by molar-refractivity contribution is 0.00578. The van der Waals surface area contributed by atoms with E-state index in [2.05, 4.69) is 102 Å². The van der Waals surface area contributed by atoms with E-state index in [4.69, 9.17) is 18.6 Å². The first-order valence-electron chi connectivity index (χ1n) is 12.1. The first kappa shape index (κ1) is 22.1. The molecule has 0 aromatic heterocycles. The Balaban J connectivity index is 1.43. The molecule has 172 valence electrons. The van der Waals surface area contributed by atoms with Crippen molar-refractivity contribution in [2.45, 2.75) is 58.3 Å². The minimum Gasteiger partial charge on any atom is -0.404 e. The average Bonchev–Trinajstić information content (AvgIpc) is 3.26. The van der Waals surface area contributed by atoms with Gasteiger partial charge in [0.1, 0.15) is 0 Å². The molecule has 2 heterocycles. The third-order valence-corrected chi connectivity index (χ3v) is 7.69. The van der Waals surface area contributed by atoms with Crippen molar-refractivity contribution in [1.82, 2.24) is 0 Å². The van der Waals surface area contributed by atoms with Crippen LogP contribution < -0.4 is 10.9 Å². The van der Waals surface area contributed by atoms with Crippen molar-refractivity contribution in [3.8, 4) is 0 Å². The molecule has 4 aromatic carbocycles. The summed E-state index contributed by atoms with van der Waals surface area (Å²) < 4.78 is 24.6. The summed E-state index contributed by atoms with van der Waals surface area (Å²) in [5.41, 5.74) is 1.14. The molecule has 6 rings (SSSR count). The molecular formula is C28H30B2O4. The van der Waals surface area contributed by atoms with Gasteiger partial charge in [-0.05, 0) is 84.8 Å². The van der Waals surface area contributed by atoms with Crippen LogP contribution in [0.2, 0.25) is 0 Å². The zero-order chi connectivity index (χ0) is 23.9. The third kappa shape index (κ3) is 3.47. The van der Waals surface area contributed by atoms with E-state index in [0.29, 0.717) is 6.61 Å². The highest BCUT2D eigenvalue weighted by Gasteiger charge is 2.51. The molecule has 0 aliphatic carbocycles. The number of hydrogen-bond donors (Lipinski definition) is 0. The number of fused-ring (bicyclic) bond motifs is 5. The van der Waals surface area contributed by atoms with E-state index < -0.39 is 0 Å². The molecular weight excluding hydrogens is 422 g/mol. The molecule has 0 spiro atoms. The second-order valence-electron chi connectivity index (χ2n) is 11.3. The van der Waals surface area contributed by atoms with Crippen LogP contribution in [0.3, 0.4) is 0 Å². The molecule has 2 aliphatic rings. The van der Waals surface area contributed by atoms with E-state index in [9.17, 15) is 0 Å². The van der Waals surface area contributed by atoms with Crippen LogP contribution in [0.15, 0.2) is 60.7 Å². The van der Waals surface area contributed by atoms with Crippen molar-refractivity contribution in [2.75, 3.05) is 6.61 Å². The standard InChI is InChI=1S/C28H30B2O4/c1-26(2)17-31-29(32-26)21-10-7-18-8-12-23-22-14-11-20(30-33-27(3,4)28(5,6)34-30)15-19(22)9-13-24(23)25(18)16-21/h7-16H,17H2,1-6H3. The molecule has 0 radical (unpaired) electrons. The van der Waals surface area contributed by atoms with Gasteiger partial charge in [-0.2, -0.15) is 0 Å². The van der Waals surface area contributed by atoms with Gasteiger partial charge in [0.2, 0.25) is 0 Å². The maximum Gasteiger partial charge on any atom is 0.494 e. The molecule has 0 bridgehead atoms. The zero-order valence-electron chi connectivity index (χ0n) is 20.8. The van der Waals surface area contributed by atoms with Crippen LogP contribution in [0.1, 0.15) is 41.5 Å². The second-order valence-corrected chi connectivity index (χ2v) is 11.3. The third-order valence-electron chi connectivity index (χ3n) is 7.69. The molecule has 0 unspecified atom stereocenters. The highest BCUT2D eigenvalue weighted by molar-refractivity contribution is 6.63. The van der Waals surface area contributed by atoms with E-state index in [1.807, 2.05) is 0 Å². The van der Waals surface area contributed by atoms with Crippen molar-refractivity contribution < 1.29 is 18.6 Å². The van der Waals surface area contributed by atoms with Gasteiger partial charge >= 0.3 is 14.2 Å². The summed E-state index contributed by atoms with van der Waals surface area (Å²) in [6, 6.07) is 21.8. The van der Waals surface area contributed by atoms with E-state index in [-0.39, 0.29) is 31.0 Å². The van der Waals surface area contributed by atoms with Crippen molar-refractivity contribution >= 4 is 57.5 Å². The smallest absolute Gasteiger partial charge is 0.404 e. The van der Waals surface area contributed by atoms with Gasteiger partial charge in [-0.1, -0.05) is 60.7 Å². The Hall–Kier alpha value is -2.37. The van der Waals surface area contributed by atoms with Crippen LogP contribution in [0.25, 0.3) is 32.3 Å². The highest BCUT2D eigenvalue weighted by Crippen LogP contribution is 2.37. The van der Waals surface area contributed by atoms with Crippen molar-refractivity contribution in [3.05, 3.63) is 60.7 Å². The molecule has 0 amide bonds. The molecule has 4 aromatic rings. The lowest BCUT2D eigenvalue weighted by Crippen LogP contribution is -2.41. The lowest BCUT2D eigenvalue weighted by atomic mass is 9.77. The van der Waals surface area contributed by atoms with Crippen LogP contribution in [0.5, 0.6) is 0 Å². The molecule has 0 atom stereocenters. The Bertz CT molecular complexity index is 1430. The van der Waals surface area contributed by atoms with Crippen molar-refractivity contribution in [1.29, 1.82) is 0 Å². The summed E-state index contributed by atoms with van der Waals surface area (Å²) in [5, 5.41) is 7.29. The van der Waals surface area contributed by atoms with Gasteiger partial charge in [0.05, 0.1) is 23.4 Å². The maximum absolute atomic E-state index is 6.27. The lowest BCUT2D eigenvalue weighted by Gasteiger charge is -2.32. The fourth-order valence-corrected chi connectivity index (χ4v) is 4.98. The zero-order valence-corrected chi connectivity index (χ0v) is 20.8. The van der Waals surface area contributed by atoms with E-state index in [1.54, 1.807) is 0 Å². The molecule has 0 N–H and O–H groups in total. The minimum absolute atomic E-state index is 0.260. The fourth-order valence-electron chi connectivity index (χ4n) is 4.98. The maximum atomic E-state index is 6.27. The molecule has 2 fully saturated rings. The number of benzene rings is 4. The molecule has 4 nitrogen and oxygen atoms in total. The summed E-state index contributed by atoms with van der Waals surface area (Å²) in [6.07, 6.45) is 0. The summed E-state index contributed by atoms with van der Waals surface area (Å²) in [5.74, 6) is 0. The van der Waals surface area contributed by atoms with Crippen LogP contribution >= 0.6 is 0 Å². The van der Waals surface area contributed by atoms with Crippen LogP contribution in [0.4, 0.5) is 0 Å². The topological polar surface area (TPSA) is 36.9 Å². The Morgan fingerprint density at radius 1 is 0.559 bits per heavy atom.